The van der Waals surface area contributed by atoms with Crippen molar-refractivity contribution in [2.45, 2.75) is 31.9 Å². The van der Waals surface area contributed by atoms with E-state index in [0.717, 1.165) is 35.6 Å². The van der Waals surface area contributed by atoms with Gasteiger partial charge in [0.25, 0.3) is 0 Å². The standard InChI is InChI=1S/C18H20F3N5O/c1-2-11-8-25(17(27)24-10-18(19,20)21)9-12(11)15-6-23-16-7-22-13-4-3-5-14(13)26(15)16/h3,5-7,11-12H,2,4,8-10H2,1H3,(H,24,27)/t11-,12+/m1/s1. The topological polar surface area (TPSA) is 62.5 Å². The van der Waals surface area contributed by atoms with E-state index in [1.165, 1.54) is 4.90 Å². The summed E-state index contributed by atoms with van der Waals surface area (Å²) in [6.45, 7) is 1.52. The number of likely N-dealkylation sites (tertiary alicyclic amines) is 1. The van der Waals surface area contributed by atoms with Crippen molar-refractivity contribution in [1.82, 2.24) is 24.6 Å². The maximum atomic E-state index is 12.4. The smallest absolute Gasteiger partial charge is 0.329 e. The lowest BCUT2D eigenvalue weighted by molar-refractivity contribution is -0.123. The van der Waals surface area contributed by atoms with Crippen molar-refractivity contribution in [2.75, 3.05) is 19.6 Å². The highest BCUT2D eigenvalue weighted by atomic mass is 19.4. The van der Waals surface area contributed by atoms with Crippen molar-refractivity contribution < 1.29 is 18.0 Å². The second-order valence-corrected chi connectivity index (χ2v) is 7.03. The van der Waals surface area contributed by atoms with Crippen LogP contribution in [0.25, 0.3) is 11.7 Å². The summed E-state index contributed by atoms with van der Waals surface area (Å²) >= 11 is 0. The monoisotopic (exact) mass is 379 g/mol. The minimum absolute atomic E-state index is 0.0159. The summed E-state index contributed by atoms with van der Waals surface area (Å²) in [6.07, 6.45) is 4.78. The summed E-state index contributed by atoms with van der Waals surface area (Å²) < 4.78 is 39.2. The summed E-state index contributed by atoms with van der Waals surface area (Å²) in [6, 6.07) is -0.672. The molecule has 2 aromatic rings. The molecule has 1 saturated heterocycles. The molecule has 2 aromatic heterocycles. The highest BCUT2D eigenvalue weighted by molar-refractivity contribution is 5.74. The Bertz CT molecular complexity index is 904. The highest BCUT2D eigenvalue weighted by Gasteiger charge is 2.38. The van der Waals surface area contributed by atoms with Gasteiger partial charge in [-0.15, -0.1) is 0 Å². The predicted octanol–water partition coefficient (Wildman–Crippen LogP) is 3.00. The van der Waals surface area contributed by atoms with E-state index >= 15 is 0 Å². The number of nitrogens with one attached hydrogen (secondary N) is 1. The third-order valence-corrected chi connectivity index (χ3v) is 5.35. The summed E-state index contributed by atoms with van der Waals surface area (Å²) in [5, 5.41) is 1.97. The third kappa shape index (κ3) is 3.26. The van der Waals surface area contributed by atoms with Crippen LogP contribution >= 0.6 is 0 Å². The number of urea groups is 1. The third-order valence-electron chi connectivity index (χ3n) is 5.35. The van der Waals surface area contributed by atoms with E-state index in [4.69, 9.17) is 0 Å². The fourth-order valence-corrected chi connectivity index (χ4v) is 4.01. The first-order valence-corrected chi connectivity index (χ1v) is 8.98. The number of aromatic nitrogens is 3. The van der Waals surface area contributed by atoms with Gasteiger partial charge in [0.15, 0.2) is 5.65 Å². The van der Waals surface area contributed by atoms with Gasteiger partial charge in [0.1, 0.15) is 6.54 Å². The van der Waals surface area contributed by atoms with Crippen LogP contribution in [0.2, 0.25) is 0 Å². The van der Waals surface area contributed by atoms with Crippen molar-refractivity contribution in [3.05, 3.63) is 35.6 Å². The Kier molecular flexibility index (Phi) is 4.32. The molecule has 27 heavy (non-hydrogen) atoms. The number of carbonyl (C=O) groups is 1. The summed E-state index contributed by atoms with van der Waals surface area (Å²) in [5.41, 5.74) is 3.70. The number of fused-ring (bicyclic) bond motifs is 3. The number of allylic oxidation sites excluding steroid dienone is 1. The van der Waals surface area contributed by atoms with Gasteiger partial charge in [0.05, 0.1) is 17.6 Å². The van der Waals surface area contributed by atoms with Crippen LogP contribution in [0.15, 0.2) is 18.5 Å². The van der Waals surface area contributed by atoms with Gasteiger partial charge in [-0.3, -0.25) is 9.38 Å². The Morgan fingerprint density at radius 3 is 2.85 bits per heavy atom. The van der Waals surface area contributed by atoms with Crippen LogP contribution in [-0.2, 0) is 6.42 Å². The lowest BCUT2D eigenvalue weighted by Gasteiger charge is -2.18. The number of imidazole rings is 1. The van der Waals surface area contributed by atoms with Gasteiger partial charge < -0.3 is 10.2 Å². The van der Waals surface area contributed by atoms with Crippen LogP contribution < -0.4 is 5.32 Å². The lowest BCUT2D eigenvalue weighted by atomic mass is 9.91. The molecule has 1 fully saturated rings. The number of rotatable bonds is 3. The van der Waals surface area contributed by atoms with E-state index in [-0.39, 0.29) is 11.8 Å². The van der Waals surface area contributed by atoms with Gasteiger partial charge >= 0.3 is 12.2 Å². The molecule has 1 aliphatic carbocycles. The van der Waals surface area contributed by atoms with Crippen LogP contribution in [0, 0.1) is 5.92 Å². The maximum absolute atomic E-state index is 12.4. The summed E-state index contributed by atoms with van der Waals surface area (Å²) in [4.78, 5) is 22.5. The van der Waals surface area contributed by atoms with Crippen LogP contribution in [0.3, 0.4) is 0 Å². The highest BCUT2D eigenvalue weighted by Crippen LogP contribution is 2.36. The van der Waals surface area contributed by atoms with Gasteiger partial charge in [-0.2, -0.15) is 13.2 Å². The van der Waals surface area contributed by atoms with E-state index in [2.05, 4.69) is 14.4 Å². The van der Waals surface area contributed by atoms with Crippen LogP contribution in [0.1, 0.15) is 36.3 Å². The Hall–Kier alpha value is -2.58. The normalized spacial score (nSPS) is 21.9. The number of hydrogen-bond acceptors (Lipinski definition) is 3. The Morgan fingerprint density at radius 1 is 1.30 bits per heavy atom. The minimum Gasteiger partial charge on any atom is -0.329 e. The summed E-state index contributed by atoms with van der Waals surface area (Å²) in [5.74, 6) is 0.179. The van der Waals surface area contributed by atoms with E-state index < -0.39 is 18.8 Å². The zero-order chi connectivity index (χ0) is 19.2. The van der Waals surface area contributed by atoms with Crippen molar-refractivity contribution in [3.8, 4) is 0 Å². The van der Waals surface area contributed by atoms with Crippen molar-refractivity contribution in [2.24, 2.45) is 5.92 Å². The maximum Gasteiger partial charge on any atom is 0.405 e. The van der Waals surface area contributed by atoms with Crippen LogP contribution in [0.4, 0.5) is 18.0 Å². The minimum atomic E-state index is -4.42. The predicted molar refractivity (Wildman–Crippen MR) is 93.3 cm³/mol. The molecule has 2 amide bonds. The largest absolute Gasteiger partial charge is 0.405 e. The number of halogens is 3. The second-order valence-electron chi connectivity index (χ2n) is 7.03. The summed E-state index contributed by atoms with van der Waals surface area (Å²) in [7, 11) is 0. The molecule has 2 aliphatic rings. The van der Waals surface area contributed by atoms with Gasteiger partial charge in [-0.25, -0.2) is 9.78 Å². The first kappa shape index (κ1) is 17.8. The molecule has 1 N–H and O–H groups in total. The quantitative estimate of drug-likeness (QED) is 0.892. The molecule has 144 valence electrons. The molecular formula is C18H20F3N5O. The molecule has 0 spiro atoms. The molecule has 0 aromatic carbocycles. The molecule has 6 nitrogen and oxygen atoms in total. The first-order valence-electron chi connectivity index (χ1n) is 8.98. The van der Waals surface area contributed by atoms with E-state index in [0.29, 0.717) is 13.1 Å². The molecule has 3 heterocycles. The number of hydrogen-bond donors (Lipinski definition) is 1. The average Bonchev–Trinajstić information content (AvgIpc) is 3.33. The van der Waals surface area contributed by atoms with E-state index in [9.17, 15) is 18.0 Å². The molecule has 0 saturated carbocycles. The van der Waals surface area contributed by atoms with Crippen LogP contribution in [0.5, 0.6) is 0 Å². The van der Waals surface area contributed by atoms with E-state index in [1.807, 2.05) is 24.4 Å². The first-order chi connectivity index (χ1) is 12.9. The molecule has 0 unspecified atom stereocenters. The SMILES string of the molecule is CC[C@@H]1CN(C(=O)NCC(F)(F)F)C[C@@H]1c1cnc2cnc3c(n12)C=CC3. The molecular weight excluding hydrogens is 359 g/mol. The average molecular weight is 379 g/mol. The van der Waals surface area contributed by atoms with Crippen molar-refractivity contribution >= 4 is 17.8 Å². The Labute approximate surface area is 154 Å². The van der Waals surface area contributed by atoms with Gasteiger partial charge in [-0.1, -0.05) is 19.4 Å². The molecule has 0 radical (unpaired) electrons. The zero-order valence-electron chi connectivity index (χ0n) is 14.8. The van der Waals surface area contributed by atoms with Crippen molar-refractivity contribution in [3.63, 3.8) is 0 Å². The fourth-order valence-electron chi connectivity index (χ4n) is 4.01. The zero-order valence-corrected chi connectivity index (χ0v) is 14.8. The van der Waals surface area contributed by atoms with Crippen molar-refractivity contribution in [1.29, 1.82) is 0 Å². The molecule has 2 atom stereocenters. The molecule has 0 bridgehead atoms. The Morgan fingerprint density at radius 2 is 2.11 bits per heavy atom. The van der Waals surface area contributed by atoms with Gasteiger partial charge in [0, 0.05) is 37.3 Å². The second kappa shape index (κ2) is 6.54. The number of amides is 2. The number of carbonyl (C=O) groups excluding carboxylic acids is 1. The molecule has 1 aliphatic heterocycles. The Balaban J connectivity index is 1.61. The fraction of sp³-hybridized carbons (Fsp3) is 0.500. The number of nitrogens with zero attached hydrogens (tertiary/aromatic N) is 4. The van der Waals surface area contributed by atoms with Gasteiger partial charge in [-0.05, 0) is 12.0 Å². The van der Waals surface area contributed by atoms with Crippen LogP contribution in [-0.4, -0.2) is 51.1 Å². The number of alkyl halides is 3. The van der Waals surface area contributed by atoms with E-state index in [1.54, 1.807) is 12.4 Å². The molecule has 4 rings (SSSR count). The lowest BCUT2D eigenvalue weighted by Crippen LogP contribution is -2.42. The molecule has 9 heteroatoms. The van der Waals surface area contributed by atoms with Gasteiger partial charge in [0.2, 0.25) is 0 Å².